The zero-order chi connectivity index (χ0) is 14.8. The Hall–Kier alpha value is -1.14. The van der Waals surface area contributed by atoms with E-state index in [0.29, 0.717) is 24.8 Å². The maximum absolute atomic E-state index is 12.4. The molecule has 0 aliphatic heterocycles. The molecule has 1 unspecified atom stereocenters. The fourth-order valence-corrected chi connectivity index (χ4v) is 3.41. The monoisotopic (exact) mass is 297 g/mol. The largest absolute Gasteiger partial charge is 0.369 e. The molecule has 1 heterocycles. The van der Waals surface area contributed by atoms with Crippen LogP contribution in [-0.4, -0.2) is 26.5 Å². The van der Waals surface area contributed by atoms with E-state index in [4.69, 9.17) is 0 Å². The van der Waals surface area contributed by atoms with Crippen molar-refractivity contribution in [3.05, 3.63) is 18.3 Å². The van der Waals surface area contributed by atoms with Gasteiger partial charge in [0.15, 0.2) is 0 Å². The van der Waals surface area contributed by atoms with Gasteiger partial charge in [0.05, 0.1) is 0 Å². The van der Waals surface area contributed by atoms with Crippen molar-refractivity contribution in [1.82, 2.24) is 9.71 Å². The van der Waals surface area contributed by atoms with Crippen LogP contribution in [0.3, 0.4) is 0 Å². The van der Waals surface area contributed by atoms with Gasteiger partial charge >= 0.3 is 0 Å². The summed E-state index contributed by atoms with van der Waals surface area (Å²) >= 11 is 0. The van der Waals surface area contributed by atoms with Gasteiger partial charge in [-0.05, 0) is 36.3 Å². The Morgan fingerprint density at radius 2 is 2.15 bits per heavy atom. The Bertz CT molecular complexity index is 570. The number of anilines is 1. The van der Waals surface area contributed by atoms with E-state index in [1.807, 2.05) is 6.92 Å². The number of aromatic nitrogens is 1. The van der Waals surface area contributed by atoms with Gasteiger partial charge in [-0.2, -0.15) is 0 Å². The Morgan fingerprint density at radius 3 is 2.75 bits per heavy atom. The van der Waals surface area contributed by atoms with Crippen molar-refractivity contribution in [2.75, 3.05) is 18.4 Å². The van der Waals surface area contributed by atoms with Crippen LogP contribution in [0.5, 0.6) is 0 Å². The second-order valence-electron chi connectivity index (χ2n) is 6.02. The topological polar surface area (TPSA) is 71.1 Å². The Kier molecular flexibility index (Phi) is 4.34. The Balaban J connectivity index is 2.08. The number of pyridine rings is 1. The maximum atomic E-state index is 12.4. The number of nitrogens with one attached hydrogen (secondary N) is 2. The lowest BCUT2D eigenvalue weighted by molar-refractivity contribution is 0.537. The molecule has 5 nitrogen and oxygen atoms in total. The first-order chi connectivity index (χ1) is 9.37. The third-order valence-electron chi connectivity index (χ3n) is 3.84. The van der Waals surface area contributed by atoms with Crippen LogP contribution in [0.25, 0.3) is 0 Å². The van der Waals surface area contributed by atoms with Crippen LogP contribution in [0.2, 0.25) is 0 Å². The smallest absolute Gasteiger partial charge is 0.244 e. The predicted octanol–water partition coefficient (Wildman–Crippen LogP) is 2.23. The molecule has 0 radical (unpaired) electrons. The third kappa shape index (κ3) is 3.49. The summed E-state index contributed by atoms with van der Waals surface area (Å²) in [5.74, 6) is 0.859. The molecule has 0 bridgehead atoms. The predicted molar refractivity (Wildman–Crippen MR) is 80.1 cm³/mol. The summed E-state index contributed by atoms with van der Waals surface area (Å²) in [6.45, 7) is 7.54. The molecule has 20 heavy (non-hydrogen) atoms. The fourth-order valence-electron chi connectivity index (χ4n) is 2.20. The molecule has 1 aromatic rings. The normalized spacial score (nSPS) is 20.6. The summed E-state index contributed by atoms with van der Waals surface area (Å²) in [5.41, 5.74) is 0.265. The second kappa shape index (κ2) is 5.69. The molecule has 0 saturated heterocycles. The van der Waals surface area contributed by atoms with Gasteiger partial charge in [-0.15, -0.1) is 0 Å². The van der Waals surface area contributed by atoms with Crippen LogP contribution < -0.4 is 10.0 Å². The third-order valence-corrected chi connectivity index (χ3v) is 5.30. The van der Waals surface area contributed by atoms with Crippen LogP contribution in [0.15, 0.2) is 23.2 Å². The minimum Gasteiger partial charge on any atom is -0.369 e. The molecule has 2 N–H and O–H groups in total. The van der Waals surface area contributed by atoms with E-state index in [0.717, 1.165) is 12.8 Å². The van der Waals surface area contributed by atoms with Crippen molar-refractivity contribution >= 4 is 15.8 Å². The molecule has 1 saturated carbocycles. The molecule has 0 amide bonds. The summed E-state index contributed by atoms with van der Waals surface area (Å²) in [6.07, 6.45) is 3.59. The lowest BCUT2D eigenvalue weighted by atomic mass is 10.1. The number of rotatable bonds is 7. The average Bonchev–Trinajstić information content (AvgIpc) is 3.02. The molecule has 112 valence electrons. The minimum atomic E-state index is -3.50. The standard InChI is InChI=1S/C14H23N3O2S/c1-4-7-15-13-12(6-5-8-16-13)20(18,19)17-10-11-9-14(11,2)3/h5-6,8,11,17H,4,7,9-10H2,1-3H3,(H,15,16). The lowest BCUT2D eigenvalue weighted by Gasteiger charge is -2.12. The summed E-state index contributed by atoms with van der Waals surface area (Å²) in [7, 11) is -3.50. The fraction of sp³-hybridized carbons (Fsp3) is 0.643. The molecule has 6 heteroatoms. The summed E-state index contributed by atoms with van der Waals surface area (Å²) in [6, 6.07) is 3.23. The van der Waals surface area contributed by atoms with Gasteiger partial charge in [0, 0.05) is 19.3 Å². The van der Waals surface area contributed by atoms with Crippen molar-refractivity contribution in [1.29, 1.82) is 0 Å². The highest BCUT2D eigenvalue weighted by molar-refractivity contribution is 7.89. The first-order valence-electron chi connectivity index (χ1n) is 7.05. The second-order valence-corrected chi connectivity index (χ2v) is 7.75. The van der Waals surface area contributed by atoms with E-state index in [2.05, 4.69) is 28.9 Å². The molecule has 1 aliphatic carbocycles. The summed E-state index contributed by atoms with van der Waals surface area (Å²) in [4.78, 5) is 4.35. The molecule has 0 spiro atoms. The quantitative estimate of drug-likeness (QED) is 0.809. The summed E-state index contributed by atoms with van der Waals surface area (Å²) < 4.78 is 27.4. The molecular weight excluding hydrogens is 274 g/mol. The molecule has 1 atom stereocenters. The zero-order valence-electron chi connectivity index (χ0n) is 12.3. The first-order valence-corrected chi connectivity index (χ1v) is 8.53. The van der Waals surface area contributed by atoms with Crippen LogP contribution in [0, 0.1) is 11.3 Å². The maximum Gasteiger partial charge on any atom is 0.244 e. The highest BCUT2D eigenvalue weighted by Crippen LogP contribution is 2.51. The number of nitrogens with zero attached hydrogens (tertiary/aromatic N) is 1. The summed E-state index contributed by atoms with van der Waals surface area (Å²) in [5, 5.41) is 3.06. The van der Waals surface area contributed by atoms with E-state index in [9.17, 15) is 8.42 Å². The van der Waals surface area contributed by atoms with Gasteiger partial charge < -0.3 is 5.32 Å². The van der Waals surface area contributed by atoms with Gasteiger partial charge in [-0.1, -0.05) is 20.8 Å². The molecule has 1 aromatic heterocycles. The van der Waals surface area contributed by atoms with Crippen molar-refractivity contribution < 1.29 is 8.42 Å². The van der Waals surface area contributed by atoms with Crippen LogP contribution >= 0.6 is 0 Å². The molecular formula is C14H23N3O2S. The highest BCUT2D eigenvalue weighted by atomic mass is 32.2. The molecule has 1 aliphatic rings. The van der Waals surface area contributed by atoms with Crippen molar-refractivity contribution in [2.45, 2.75) is 38.5 Å². The molecule has 2 rings (SSSR count). The SMILES string of the molecule is CCCNc1ncccc1S(=O)(=O)NCC1CC1(C)C. The van der Waals surface area contributed by atoms with Gasteiger partial charge in [0.2, 0.25) is 10.0 Å². The van der Waals surface area contributed by atoms with E-state index >= 15 is 0 Å². The van der Waals surface area contributed by atoms with E-state index in [1.54, 1.807) is 18.3 Å². The van der Waals surface area contributed by atoms with Crippen LogP contribution in [0.4, 0.5) is 5.82 Å². The van der Waals surface area contributed by atoms with E-state index in [1.165, 1.54) is 0 Å². The first kappa shape index (κ1) is 15.3. The number of hydrogen-bond donors (Lipinski definition) is 2. The lowest BCUT2D eigenvalue weighted by Crippen LogP contribution is -2.28. The van der Waals surface area contributed by atoms with E-state index in [-0.39, 0.29) is 10.3 Å². The van der Waals surface area contributed by atoms with Crippen molar-refractivity contribution in [3.8, 4) is 0 Å². The average molecular weight is 297 g/mol. The Morgan fingerprint density at radius 1 is 1.45 bits per heavy atom. The van der Waals surface area contributed by atoms with Crippen LogP contribution in [0.1, 0.15) is 33.6 Å². The van der Waals surface area contributed by atoms with Gasteiger partial charge in [0.25, 0.3) is 0 Å². The minimum absolute atomic E-state index is 0.229. The molecule has 0 aromatic carbocycles. The van der Waals surface area contributed by atoms with Crippen molar-refractivity contribution in [2.24, 2.45) is 11.3 Å². The van der Waals surface area contributed by atoms with Gasteiger partial charge in [0.1, 0.15) is 10.7 Å². The molecule has 1 fully saturated rings. The van der Waals surface area contributed by atoms with Gasteiger partial charge in [-0.25, -0.2) is 18.1 Å². The van der Waals surface area contributed by atoms with Gasteiger partial charge in [-0.3, -0.25) is 0 Å². The van der Waals surface area contributed by atoms with Crippen LogP contribution in [-0.2, 0) is 10.0 Å². The highest BCUT2D eigenvalue weighted by Gasteiger charge is 2.45. The number of sulfonamides is 1. The number of hydrogen-bond acceptors (Lipinski definition) is 4. The zero-order valence-corrected chi connectivity index (χ0v) is 13.1. The Labute approximate surface area is 121 Å². The van der Waals surface area contributed by atoms with E-state index < -0.39 is 10.0 Å². The van der Waals surface area contributed by atoms with Crippen molar-refractivity contribution in [3.63, 3.8) is 0 Å².